The summed E-state index contributed by atoms with van der Waals surface area (Å²) in [6, 6.07) is 12.5. The van der Waals surface area contributed by atoms with E-state index < -0.39 is 0 Å². The molecule has 0 bridgehead atoms. The van der Waals surface area contributed by atoms with Crippen molar-refractivity contribution in [3.05, 3.63) is 53.6 Å². The van der Waals surface area contributed by atoms with Crippen LogP contribution < -0.4 is 20.3 Å². The van der Waals surface area contributed by atoms with Crippen molar-refractivity contribution in [3.63, 3.8) is 0 Å². The minimum Gasteiger partial charge on any atom is -0.497 e. The van der Waals surface area contributed by atoms with Gasteiger partial charge in [0.05, 0.1) is 12.7 Å². The summed E-state index contributed by atoms with van der Waals surface area (Å²) in [7, 11) is 1.57. The van der Waals surface area contributed by atoms with Crippen molar-refractivity contribution in [2.24, 2.45) is 0 Å². The monoisotopic (exact) mass is 439 g/mol. The van der Waals surface area contributed by atoms with Crippen LogP contribution in [-0.2, 0) is 4.74 Å². The lowest BCUT2D eigenvalue weighted by molar-refractivity contribution is 0.0943. The van der Waals surface area contributed by atoms with Crippen LogP contribution in [0, 0.1) is 0 Å². The maximum absolute atomic E-state index is 13.0. The van der Waals surface area contributed by atoms with Gasteiger partial charge in [-0.15, -0.1) is 0 Å². The zero-order chi connectivity index (χ0) is 22.8. The van der Waals surface area contributed by atoms with Gasteiger partial charge in [0.1, 0.15) is 5.75 Å². The van der Waals surface area contributed by atoms with E-state index in [1.54, 1.807) is 37.4 Å². The number of carbonyl (C=O) groups is 2. The third-order valence-corrected chi connectivity index (χ3v) is 5.48. The summed E-state index contributed by atoms with van der Waals surface area (Å²) in [6.45, 7) is 5.64. The van der Waals surface area contributed by atoms with E-state index >= 15 is 0 Å². The molecule has 0 unspecified atom stereocenters. The van der Waals surface area contributed by atoms with E-state index in [1.165, 1.54) is 6.42 Å². The molecule has 0 atom stereocenters. The molecule has 1 saturated heterocycles. The van der Waals surface area contributed by atoms with Crippen molar-refractivity contribution < 1.29 is 19.1 Å². The Bertz CT molecular complexity index is 910. The zero-order valence-corrected chi connectivity index (χ0v) is 19.0. The van der Waals surface area contributed by atoms with E-state index in [-0.39, 0.29) is 11.8 Å². The van der Waals surface area contributed by atoms with E-state index in [4.69, 9.17) is 9.47 Å². The molecule has 0 radical (unpaired) electrons. The number of anilines is 2. The summed E-state index contributed by atoms with van der Waals surface area (Å²) in [6.07, 6.45) is 4.20. The molecule has 7 heteroatoms. The average Bonchev–Trinajstić information content (AvgIpc) is 2.84. The number of methoxy groups -OCH3 is 1. The molecular weight excluding hydrogens is 406 g/mol. The van der Waals surface area contributed by atoms with Crippen LogP contribution in [0.25, 0.3) is 0 Å². The fourth-order valence-electron chi connectivity index (χ4n) is 3.79. The van der Waals surface area contributed by atoms with Gasteiger partial charge in [-0.05, 0) is 69.0 Å². The highest BCUT2D eigenvalue weighted by molar-refractivity contribution is 6.06. The largest absolute Gasteiger partial charge is 0.497 e. The van der Waals surface area contributed by atoms with Crippen molar-refractivity contribution in [2.45, 2.75) is 32.6 Å². The normalized spacial score (nSPS) is 13.5. The lowest BCUT2D eigenvalue weighted by Gasteiger charge is -2.30. The molecule has 1 fully saturated rings. The van der Waals surface area contributed by atoms with E-state index in [9.17, 15) is 9.59 Å². The number of piperidine rings is 1. The number of hydrogen-bond acceptors (Lipinski definition) is 5. The average molecular weight is 440 g/mol. The van der Waals surface area contributed by atoms with Crippen molar-refractivity contribution in [3.8, 4) is 5.75 Å². The highest BCUT2D eigenvalue weighted by Gasteiger charge is 2.20. The second-order valence-electron chi connectivity index (χ2n) is 7.77. The molecule has 2 amide bonds. The first-order valence-corrected chi connectivity index (χ1v) is 11.3. The molecule has 1 heterocycles. The molecule has 2 aromatic carbocycles. The van der Waals surface area contributed by atoms with Crippen LogP contribution in [-0.4, -0.2) is 51.8 Å². The topological polar surface area (TPSA) is 79.9 Å². The molecular formula is C25H33N3O4. The second-order valence-corrected chi connectivity index (χ2v) is 7.77. The van der Waals surface area contributed by atoms with Crippen LogP contribution in [0.2, 0.25) is 0 Å². The molecule has 3 rings (SSSR count). The van der Waals surface area contributed by atoms with Gasteiger partial charge in [-0.25, -0.2) is 0 Å². The Morgan fingerprint density at radius 3 is 2.59 bits per heavy atom. The number of nitrogens with zero attached hydrogens (tertiary/aromatic N) is 1. The van der Waals surface area contributed by atoms with Crippen molar-refractivity contribution in [2.75, 3.05) is 50.2 Å². The Morgan fingerprint density at radius 1 is 1.03 bits per heavy atom. The molecule has 7 nitrogen and oxygen atoms in total. The SMILES string of the molecule is CCOCCCNC(=O)c1cc(NC(=O)c2cccc(OC)c2)ccc1N1CCCCC1. The highest BCUT2D eigenvalue weighted by atomic mass is 16.5. The number of rotatable bonds is 10. The van der Waals surface area contributed by atoms with E-state index in [0.29, 0.717) is 42.3 Å². The quantitative estimate of drug-likeness (QED) is 0.545. The molecule has 32 heavy (non-hydrogen) atoms. The summed E-state index contributed by atoms with van der Waals surface area (Å²) in [4.78, 5) is 28.0. The first kappa shape index (κ1) is 23.6. The first-order valence-electron chi connectivity index (χ1n) is 11.3. The lowest BCUT2D eigenvalue weighted by Crippen LogP contribution is -2.33. The standard InChI is InChI=1S/C25H33N3O4/c1-3-32-16-8-13-26-25(30)22-18-20(11-12-23(22)28-14-5-4-6-15-28)27-24(29)19-9-7-10-21(17-19)31-2/h7,9-12,17-18H,3-6,8,13-16H2,1-2H3,(H,26,30)(H,27,29). The van der Waals surface area contributed by atoms with Gasteiger partial charge >= 0.3 is 0 Å². The molecule has 0 saturated carbocycles. The van der Waals surface area contributed by atoms with Crippen molar-refractivity contribution in [1.29, 1.82) is 0 Å². The van der Waals surface area contributed by atoms with Gasteiger partial charge in [0.2, 0.25) is 0 Å². The minimum atomic E-state index is -0.252. The maximum Gasteiger partial charge on any atom is 0.255 e. The number of benzene rings is 2. The number of amides is 2. The van der Waals surface area contributed by atoms with Gasteiger partial charge in [-0.1, -0.05) is 6.07 Å². The molecule has 0 aliphatic carbocycles. The molecule has 0 aromatic heterocycles. The molecule has 2 N–H and O–H groups in total. The minimum absolute atomic E-state index is 0.139. The highest BCUT2D eigenvalue weighted by Crippen LogP contribution is 2.27. The van der Waals surface area contributed by atoms with Gasteiger partial charge in [0.15, 0.2) is 0 Å². The summed E-state index contributed by atoms with van der Waals surface area (Å²) < 4.78 is 10.5. The summed E-state index contributed by atoms with van der Waals surface area (Å²) in [5, 5.41) is 5.90. The summed E-state index contributed by atoms with van der Waals surface area (Å²) >= 11 is 0. The third kappa shape index (κ3) is 6.47. The Balaban J connectivity index is 1.77. The number of ether oxygens (including phenoxy) is 2. The van der Waals surface area contributed by atoms with E-state index in [2.05, 4.69) is 15.5 Å². The Morgan fingerprint density at radius 2 is 1.84 bits per heavy atom. The maximum atomic E-state index is 13.0. The predicted molar refractivity (Wildman–Crippen MR) is 127 cm³/mol. The second kappa shape index (κ2) is 12.1. The smallest absolute Gasteiger partial charge is 0.255 e. The number of nitrogens with one attached hydrogen (secondary N) is 2. The van der Waals surface area contributed by atoms with Gasteiger partial charge in [-0.2, -0.15) is 0 Å². The Hall–Kier alpha value is -3.06. The zero-order valence-electron chi connectivity index (χ0n) is 19.0. The van der Waals surface area contributed by atoms with Crippen LogP contribution in [0.1, 0.15) is 53.3 Å². The predicted octanol–water partition coefficient (Wildman–Crippen LogP) is 4.09. The molecule has 172 valence electrons. The van der Waals surface area contributed by atoms with Crippen LogP contribution in [0.5, 0.6) is 5.75 Å². The van der Waals surface area contributed by atoms with E-state index in [0.717, 1.165) is 38.0 Å². The number of carbonyl (C=O) groups excluding carboxylic acids is 2. The Kier molecular flexibility index (Phi) is 8.92. The molecule has 0 spiro atoms. The van der Waals surface area contributed by atoms with Crippen molar-refractivity contribution >= 4 is 23.2 Å². The van der Waals surface area contributed by atoms with Gasteiger partial charge in [-0.3, -0.25) is 9.59 Å². The van der Waals surface area contributed by atoms with Crippen molar-refractivity contribution in [1.82, 2.24) is 5.32 Å². The van der Waals surface area contributed by atoms with Gasteiger partial charge in [0, 0.05) is 49.8 Å². The number of hydrogen-bond donors (Lipinski definition) is 2. The summed E-state index contributed by atoms with van der Waals surface area (Å²) in [5.41, 5.74) is 2.56. The lowest BCUT2D eigenvalue weighted by atomic mass is 10.1. The van der Waals surface area contributed by atoms with E-state index in [1.807, 2.05) is 19.1 Å². The summed E-state index contributed by atoms with van der Waals surface area (Å²) in [5.74, 6) is 0.225. The molecule has 2 aromatic rings. The Labute approximate surface area is 190 Å². The fourth-order valence-corrected chi connectivity index (χ4v) is 3.79. The molecule has 1 aliphatic rings. The van der Waals surface area contributed by atoms with Crippen LogP contribution >= 0.6 is 0 Å². The first-order chi connectivity index (χ1) is 15.6. The third-order valence-electron chi connectivity index (χ3n) is 5.48. The van der Waals surface area contributed by atoms with Crippen LogP contribution in [0.4, 0.5) is 11.4 Å². The van der Waals surface area contributed by atoms with Gasteiger partial charge < -0.3 is 25.0 Å². The van der Waals surface area contributed by atoms with Gasteiger partial charge in [0.25, 0.3) is 11.8 Å². The van der Waals surface area contributed by atoms with Crippen LogP contribution in [0.15, 0.2) is 42.5 Å². The molecule has 1 aliphatic heterocycles. The van der Waals surface area contributed by atoms with Crippen LogP contribution in [0.3, 0.4) is 0 Å². The fraction of sp³-hybridized carbons (Fsp3) is 0.440.